The molecule has 4 rings (SSSR count). The van der Waals surface area contributed by atoms with Crippen LogP contribution in [0.5, 0.6) is 5.75 Å². The number of carbonyl (C=O) groups excluding carboxylic acids is 2. The van der Waals surface area contributed by atoms with Crippen molar-refractivity contribution in [3.63, 3.8) is 0 Å². The van der Waals surface area contributed by atoms with Crippen molar-refractivity contribution >= 4 is 23.3 Å². The lowest BCUT2D eigenvalue weighted by molar-refractivity contribution is -0.137. The summed E-state index contributed by atoms with van der Waals surface area (Å²) < 4.78 is 44.9. The molecule has 0 fully saturated rings. The monoisotopic (exact) mass is 584 g/mol. The Balaban J connectivity index is 1.53. The second-order valence-electron chi connectivity index (χ2n) is 10.7. The summed E-state index contributed by atoms with van der Waals surface area (Å²) in [6.07, 6.45) is -4.76. The van der Waals surface area contributed by atoms with Crippen molar-refractivity contribution in [1.29, 1.82) is 0 Å². The van der Waals surface area contributed by atoms with Gasteiger partial charge in [-0.05, 0) is 62.0 Å². The zero-order valence-electron chi connectivity index (χ0n) is 23.7. The second kappa shape index (κ2) is 13.3. The number of halogens is 3. The van der Waals surface area contributed by atoms with Gasteiger partial charge in [0.2, 0.25) is 0 Å². The van der Waals surface area contributed by atoms with E-state index in [-0.39, 0.29) is 41.5 Å². The standard InChI is InChI=1S/C31H35F3N4O4/c1-20-16-38(21(2)19-39)29(40)26-15-25(36-30(41)35-24-11-9-23(10-12-24)31(32,33)34)13-14-27(26)42-28(20)18-37(3)17-22-7-5-4-6-8-22/h4-15,20-21,28,39H,16-19H2,1-3H3,(H2,35,36,41)/t20-,21+,28+/m1/s1. The SMILES string of the molecule is C[C@@H]1CN([C@@H](C)CO)C(=O)c2cc(NC(=O)Nc3ccc(C(F)(F)F)cc3)ccc2O[C@H]1CN(C)Cc1ccccc1. The molecule has 8 nitrogen and oxygen atoms in total. The van der Waals surface area contributed by atoms with Crippen molar-refractivity contribution in [1.82, 2.24) is 9.80 Å². The van der Waals surface area contributed by atoms with E-state index in [1.807, 2.05) is 32.2 Å². The van der Waals surface area contributed by atoms with Gasteiger partial charge in [0.25, 0.3) is 5.91 Å². The molecule has 1 heterocycles. The highest BCUT2D eigenvalue weighted by Gasteiger charge is 2.34. The molecule has 0 saturated carbocycles. The molecule has 3 N–H and O–H groups in total. The summed E-state index contributed by atoms with van der Waals surface area (Å²) in [4.78, 5) is 30.0. The van der Waals surface area contributed by atoms with Crippen LogP contribution in [0.1, 0.15) is 35.3 Å². The maximum Gasteiger partial charge on any atom is 0.416 e. The van der Waals surface area contributed by atoms with E-state index in [1.54, 1.807) is 24.0 Å². The maximum absolute atomic E-state index is 13.7. The molecule has 0 radical (unpaired) electrons. The zero-order valence-corrected chi connectivity index (χ0v) is 23.7. The number of alkyl halides is 3. The van der Waals surface area contributed by atoms with Crippen LogP contribution in [-0.4, -0.2) is 65.7 Å². The van der Waals surface area contributed by atoms with E-state index in [2.05, 4.69) is 27.7 Å². The summed E-state index contributed by atoms with van der Waals surface area (Å²) in [6.45, 7) is 5.21. The number of aliphatic hydroxyl groups excluding tert-OH is 1. The summed E-state index contributed by atoms with van der Waals surface area (Å²) in [5.41, 5.74) is 1.03. The number of amides is 3. The first-order valence-corrected chi connectivity index (χ1v) is 13.6. The van der Waals surface area contributed by atoms with Gasteiger partial charge >= 0.3 is 12.2 Å². The third-order valence-electron chi connectivity index (χ3n) is 7.18. The fourth-order valence-electron chi connectivity index (χ4n) is 4.82. The van der Waals surface area contributed by atoms with Crippen LogP contribution in [0.15, 0.2) is 72.8 Å². The molecule has 224 valence electrons. The predicted octanol–water partition coefficient (Wildman–Crippen LogP) is 5.70. The molecule has 42 heavy (non-hydrogen) atoms. The van der Waals surface area contributed by atoms with E-state index in [4.69, 9.17) is 4.74 Å². The van der Waals surface area contributed by atoms with Crippen LogP contribution < -0.4 is 15.4 Å². The second-order valence-corrected chi connectivity index (χ2v) is 10.7. The molecule has 0 spiro atoms. The van der Waals surface area contributed by atoms with Gasteiger partial charge in [-0.25, -0.2) is 4.79 Å². The normalized spacial score (nSPS) is 18.0. The van der Waals surface area contributed by atoms with E-state index in [1.165, 1.54) is 6.07 Å². The Morgan fingerprint density at radius 1 is 1.07 bits per heavy atom. The van der Waals surface area contributed by atoms with Gasteiger partial charge in [-0.15, -0.1) is 0 Å². The first-order chi connectivity index (χ1) is 19.9. The van der Waals surface area contributed by atoms with Gasteiger partial charge in [-0.2, -0.15) is 13.2 Å². The van der Waals surface area contributed by atoms with Crippen molar-refractivity contribution in [3.8, 4) is 5.75 Å². The summed E-state index contributed by atoms with van der Waals surface area (Å²) >= 11 is 0. The van der Waals surface area contributed by atoms with E-state index < -0.39 is 23.8 Å². The highest BCUT2D eigenvalue weighted by molar-refractivity contribution is 6.02. The smallest absolute Gasteiger partial charge is 0.416 e. The van der Waals surface area contributed by atoms with Crippen molar-refractivity contribution in [2.24, 2.45) is 5.92 Å². The number of carbonyl (C=O) groups is 2. The molecular formula is C31H35F3N4O4. The minimum absolute atomic E-state index is 0.0540. The zero-order chi connectivity index (χ0) is 30.4. The number of anilines is 2. The lowest BCUT2D eigenvalue weighted by atomic mass is 9.99. The quantitative estimate of drug-likeness (QED) is 0.316. The third kappa shape index (κ3) is 7.80. The molecule has 0 unspecified atom stereocenters. The van der Waals surface area contributed by atoms with Gasteiger partial charge in [-0.3, -0.25) is 9.69 Å². The number of nitrogens with zero attached hydrogens (tertiary/aromatic N) is 2. The van der Waals surface area contributed by atoms with E-state index in [9.17, 15) is 27.9 Å². The van der Waals surface area contributed by atoms with Gasteiger partial charge < -0.3 is 25.4 Å². The van der Waals surface area contributed by atoms with E-state index in [0.29, 0.717) is 25.4 Å². The molecule has 3 aromatic carbocycles. The van der Waals surface area contributed by atoms with Crippen molar-refractivity contribution in [3.05, 3.63) is 89.5 Å². The Kier molecular flexibility index (Phi) is 9.74. The van der Waals surface area contributed by atoms with Gasteiger partial charge in [0.05, 0.1) is 23.8 Å². The Morgan fingerprint density at radius 2 is 1.71 bits per heavy atom. The predicted molar refractivity (Wildman–Crippen MR) is 154 cm³/mol. The number of hydrogen-bond donors (Lipinski definition) is 3. The van der Waals surface area contributed by atoms with Gasteiger partial charge in [0.15, 0.2) is 0 Å². The molecule has 3 aromatic rings. The number of fused-ring (bicyclic) bond motifs is 1. The average Bonchev–Trinajstić information content (AvgIpc) is 2.95. The van der Waals surface area contributed by atoms with Crippen LogP contribution in [-0.2, 0) is 12.7 Å². The fraction of sp³-hybridized carbons (Fsp3) is 0.355. The molecule has 1 aliphatic heterocycles. The van der Waals surface area contributed by atoms with Gasteiger partial charge in [0.1, 0.15) is 11.9 Å². The summed E-state index contributed by atoms with van der Waals surface area (Å²) in [7, 11) is 2.00. The fourth-order valence-corrected chi connectivity index (χ4v) is 4.82. The van der Waals surface area contributed by atoms with Crippen molar-refractivity contribution in [2.75, 3.05) is 37.4 Å². The lowest BCUT2D eigenvalue weighted by Crippen LogP contribution is -2.49. The molecule has 0 bridgehead atoms. The molecular weight excluding hydrogens is 549 g/mol. The first kappa shape index (κ1) is 30.9. The number of aliphatic hydroxyl groups is 1. The van der Waals surface area contributed by atoms with Crippen LogP contribution in [0.25, 0.3) is 0 Å². The topological polar surface area (TPSA) is 94.1 Å². The largest absolute Gasteiger partial charge is 0.488 e. The average molecular weight is 585 g/mol. The van der Waals surface area contributed by atoms with Crippen molar-refractivity contribution < 1.29 is 32.6 Å². The number of hydrogen-bond acceptors (Lipinski definition) is 5. The van der Waals surface area contributed by atoms with Crippen LogP contribution >= 0.6 is 0 Å². The minimum atomic E-state index is -4.48. The summed E-state index contributed by atoms with van der Waals surface area (Å²) in [5, 5.41) is 15.0. The summed E-state index contributed by atoms with van der Waals surface area (Å²) in [5.74, 6) is -0.0450. The maximum atomic E-state index is 13.7. The number of likely N-dealkylation sites (N-methyl/N-ethyl adjacent to an activating group) is 1. The van der Waals surface area contributed by atoms with Crippen LogP contribution in [0, 0.1) is 5.92 Å². The highest BCUT2D eigenvalue weighted by atomic mass is 19.4. The molecule has 3 amide bonds. The molecule has 0 aliphatic carbocycles. The molecule has 3 atom stereocenters. The third-order valence-corrected chi connectivity index (χ3v) is 7.18. The number of urea groups is 1. The molecule has 1 aliphatic rings. The number of ether oxygens (including phenoxy) is 1. The van der Waals surface area contributed by atoms with Gasteiger partial charge in [0, 0.05) is 36.9 Å². The Bertz CT molecular complexity index is 1370. The van der Waals surface area contributed by atoms with E-state index >= 15 is 0 Å². The molecule has 0 aromatic heterocycles. The van der Waals surface area contributed by atoms with E-state index in [0.717, 1.165) is 29.8 Å². The Morgan fingerprint density at radius 3 is 2.36 bits per heavy atom. The number of nitrogens with one attached hydrogen (secondary N) is 2. The molecule has 11 heteroatoms. The summed E-state index contributed by atoms with van der Waals surface area (Å²) in [6, 6.07) is 17.7. The minimum Gasteiger partial charge on any atom is -0.488 e. The number of rotatable bonds is 8. The molecule has 0 saturated heterocycles. The van der Waals surface area contributed by atoms with Crippen LogP contribution in [0.4, 0.5) is 29.3 Å². The highest BCUT2D eigenvalue weighted by Crippen LogP contribution is 2.32. The first-order valence-electron chi connectivity index (χ1n) is 13.6. The lowest BCUT2D eigenvalue weighted by Gasteiger charge is -2.38. The van der Waals surface area contributed by atoms with Crippen LogP contribution in [0.2, 0.25) is 0 Å². The van der Waals surface area contributed by atoms with Gasteiger partial charge in [-0.1, -0.05) is 37.3 Å². The van der Waals surface area contributed by atoms with Crippen molar-refractivity contribution in [2.45, 2.75) is 38.7 Å². The Labute approximate surface area is 243 Å². The number of benzene rings is 3. The Hall–Kier alpha value is -4.09. The van der Waals surface area contributed by atoms with Crippen LogP contribution in [0.3, 0.4) is 0 Å².